The van der Waals surface area contributed by atoms with Gasteiger partial charge in [0.25, 0.3) is 0 Å². The van der Waals surface area contributed by atoms with E-state index in [1.165, 1.54) is 25.9 Å². The SMILES string of the molecule is C[C@H]1CCCN(CCCCNC(=O)N[C@@H](C)c2nncn2C)C1. The first-order chi connectivity index (χ1) is 11.1. The molecule has 0 saturated carbocycles. The van der Waals surface area contributed by atoms with E-state index in [0.29, 0.717) is 6.54 Å². The third-order valence-corrected chi connectivity index (χ3v) is 4.41. The van der Waals surface area contributed by atoms with Gasteiger partial charge in [-0.25, -0.2) is 4.79 Å². The highest BCUT2D eigenvalue weighted by Crippen LogP contribution is 2.15. The number of carbonyl (C=O) groups is 1. The summed E-state index contributed by atoms with van der Waals surface area (Å²) in [6.45, 7) is 8.54. The largest absolute Gasteiger partial charge is 0.338 e. The molecule has 0 aromatic carbocycles. The molecule has 0 radical (unpaired) electrons. The van der Waals surface area contributed by atoms with Crippen molar-refractivity contribution in [1.29, 1.82) is 0 Å². The van der Waals surface area contributed by atoms with Crippen molar-refractivity contribution < 1.29 is 4.79 Å². The fourth-order valence-corrected chi connectivity index (χ4v) is 3.15. The Morgan fingerprint density at radius 1 is 1.48 bits per heavy atom. The molecule has 1 aliphatic heterocycles. The van der Waals surface area contributed by atoms with Gasteiger partial charge in [-0.15, -0.1) is 10.2 Å². The number of hydrogen-bond acceptors (Lipinski definition) is 4. The summed E-state index contributed by atoms with van der Waals surface area (Å²) >= 11 is 0. The van der Waals surface area contributed by atoms with Crippen LogP contribution in [-0.2, 0) is 7.05 Å². The van der Waals surface area contributed by atoms with E-state index in [1.54, 1.807) is 6.33 Å². The number of nitrogens with zero attached hydrogens (tertiary/aromatic N) is 4. The van der Waals surface area contributed by atoms with E-state index in [1.807, 2.05) is 18.5 Å². The molecule has 1 aliphatic rings. The van der Waals surface area contributed by atoms with Crippen LogP contribution in [0, 0.1) is 5.92 Å². The molecule has 1 aromatic rings. The van der Waals surface area contributed by atoms with Gasteiger partial charge in [-0.05, 0) is 51.6 Å². The summed E-state index contributed by atoms with van der Waals surface area (Å²) in [5.41, 5.74) is 0. The lowest BCUT2D eigenvalue weighted by Gasteiger charge is -2.30. The molecule has 130 valence electrons. The maximum atomic E-state index is 11.9. The van der Waals surface area contributed by atoms with Gasteiger partial charge >= 0.3 is 6.03 Å². The molecule has 1 aromatic heterocycles. The molecule has 2 atom stereocenters. The minimum Gasteiger partial charge on any atom is -0.338 e. The minimum absolute atomic E-state index is 0.146. The second-order valence-electron chi connectivity index (χ2n) is 6.68. The number of urea groups is 1. The van der Waals surface area contributed by atoms with Gasteiger partial charge < -0.3 is 20.1 Å². The number of unbranched alkanes of at least 4 members (excludes halogenated alkanes) is 1. The highest BCUT2D eigenvalue weighted by molar-refractivity contribution is 5.74. The molecule has 2 heterocycles. The minimum atomic E-state index is -0.155. The topological polar surface area (TPSA) is 75.1 Å². The van der Waals surface area contributed by atoms with Gasteiger partial charge in [-0.2, -0.15) is 0 Å². The van der Waals surface area contributed by atoms with Crippen molar-refractivity contribution in [3.63, 3.8) is 0 Å². The van der Waals surface area contributed by atoms with Gasteiger partial charge in [-0.3, -0.25) is 0 Å². The Labute approximate surface area is 138 Å². The van der Waals surface area contributed by atoms with Crippen LogP contribution in [0.2, 0.25) is 0 Å². The molecule has 2 rings (SSSR count). The van der Waals surface area contributed by atoms with Crippen LogP contribution < -0.4 is 10.6 Å². The van der Waals surface area contributed by atoms with Crippen molar-refractivity contribution in [3.8, 4) is 0 Å². The first-order valence-corrected chi connectivity index (χ1v) is 8.67. The molecule has 1 saturated heterocycles. The van der Waals surface area contributed by atoms with Crippen LogP contribution in [0.5, 0.6) is 0 Å². The number of nitrogens with one attached hydrogen (secondary N) is 2. The van der Waals surface area contributed by atoms with Crippen LogP contribution in [-0.4, -0.2) is 51.9 Å². The second-order valence-corrected chi connectivity index (χ2v) is 6.68. The van der Waals surface area contributed by atoms with Crippen molar-refractivity contribution in [2.75, 3.05) is 26.2 Å². The first kappa shape index (κ1) is 17.7. The molecule has 0 aliphatic carbocycles. The number of carbonyl (C=O) groups excluding carboxylic acids is 1. The average molecular weight is 322 g/mol. The Hall–Kier alpha value is -1.63. The van der Waals surface area contributed by atoms with Crippen LogP contribution in [0.25, 0.3) is 0 Å². The normalized spacial score (nSPS) is 20.2. The van der Waals surface area contributed by atoms with Gasteiger partial charge in [0.05, 0.1) is 6.04 Å². The molecule has 0 unspecified atom stereocenters. The smallest absolute Gasteiger partial charge is 0.315 e. The van der Waals surface area contributed by atoms with Crippen molar-refractivity contribution in [3.05, 3.63) is 12.2 Å². The predicted octanol–water partition coefficient (Wildman–Crippen LogP) is 1.69. The van der Waals surface area contributed by atoms with Crippen LogP contribution in [0.4, 0.5) is 4.79 Å². The molecule has 7 heteroatoms. The number of likely N-dealkylation sites (tertiary alicyclic amines) is 1. The Morgan fingerprint density at radius 2 is 2.30 bits per heavy atom. The van der Waals surface area contributed by atoms with Gasteiger partial charge in [0, 0.05) is 20.1 Å². The van der Waals surface area contributed by atoms with Crippen molar-refractivity contribution in [2.45, 2.75) is 45.6 Å². The zero-order chi connectivity index (χ0) is 16.7. The number of rotatable bonds is 7. The predicted molar refractivity (Wildman–Crippen MR) is 90.0 cm³/mol. The zero-order valence-corrected chi connectivity index (χ0v) is 14.6. The number of hydrogen-bond donors (Lipinski definition) is 2. The zero-order valence-electron chi connectivity index (χ0n) is 14.6. The van der Waals surface area contributed by atoms with Gasteiger partial charge in [0.2, 0.25) is 0 Å². The summed E-state index contributed by atoms with van der Waals surface area (Å²) in [5, 5.41) is 13.6. The number of piperidine rings is 1. The molecular formula is C16H30N6O. The molecule has 1 fully saturated rings. The lowest BCUT2D eigenvalue weighted by molar-refractivity contribution is 0.181. The van der Waals surface area contributed by atoms with Gasteiger partial charge in [0.15, 0.2) is 5.82 Å². The maximum Gasteiger partial charge on any atom is 0.315 e. The van der Waals surface area contributed by atoms with Crippen LogP contribution in [0.1, 0.15) is 51.4 Å². The van der Waals surface area contributed by atoms with E-state index in [2.05, 4.69) is 32.7 Å². The third-order valence-electron chi connectivity index (χ3n) is 4.41. The van der Waals surface area contributed by atoms with Gasteiger partial charge in [-0.1, -0.05) is 6.92 Å². The Bertz CT molecular complexity index is 489. The van der Waals surface area contributed by atoms with Crippen molar-refractivity contribution >= 4 is 6.03 Å². The number of aromatic nitrogens is 3. The molecular weight excluding hydrogens is 292 g/mol. The van der Waals surface area contributed by atoms with E-state index in [9.17, 15) is 4.79 Å². The van der Waals surface area contributed by atoms with Crippen LogP contribution in [0.3, 0.4) is 0 Å². The Kier molecular flexibility index (Phi) is 6.83. The molecule has 0 spiro atoms. The standard InChI is InChI=1S/C16H30N6O/c1-13-7-6-10-22(11-13)9-5-4-8-17-16(23)19-14(2)15-20-18-12-21(15)3/h12-14H,4-11H2,1-3H3,(H2,17,19,23)/t13-,14-/m0/s1. The van der Waals surface area contributed by atoms with E-state index in [4.69, 9.17) is 0 Å². The molecule has 23 heavy (non-hydrogen) atoms. The summed E-state index contributed by atoms with van der Waals surface area (Å²) in [6, 6.07) is -0.301. The average Bonchev–Trinajstić information content (AvgIpc) is 2.93. The first-order valence-electron chi connectivity index (χ1n) is 8.67. The summed E-state index contributed by atoms with van der Waals surface area (Å²) in [6.07, 6.45) is 6.46. The Morgan fingerprint density at radius 3 is 3.00 bits per heavy atom. The third kappa shape index (κ3) is 5.82. The number of aryl methyl sites for hydroxylation is 1. The van der Waals surface area contributed by atoms with Crippen LogP contribution in [0.15, 0.2) is 6.33 Å². The van der Waals surface area contributed by atoms with E-state index in [0.717, 1.165) is 31.1 Å². The molecule has 2 amide bonds. The summed E-state index contributed by atoms with van der Waals surface area (Å²) in [7, 11) is 1.87. The second kappa shape index (κ2) is 8.86. The van der Waals surface area contributed by atoms with Crippen molar-refractivity contribution in [1.82, 2.24) is 30.3 Å². The molecule has 2 N–H and O–H groups in total. The fraction of sp³-hybridized carbons (Fsp3) is 0.812. The Balaban J connectivity index is 1.55. The summed E-state index contributed by atoms with van der Waals surface area (Å²) < 4.78 is 1.81. The number of amides is 2. The van der Waals surface area contributed by atoms with Gasteiger partial charge in [0.1, 0.15) is 6.33 Å². The highest BCUT2D eigenvalue weighted by Gasteiger charge is 2.16. The maximum absolute atomic E-state index is 11.9. The fourth-order valence-electron chi connectivity index (χ4n) is 3.15. The van der Waals surface area contributed by atoms with Crippen molar-refractivity contribution in [2.24, 2.45) is 13.0 Å². The quantitative estimate of drug-likeness (QED) is 0.749. The monoisotopic (exact) mass is 322 g/mol. The lowest BCUT2D eigenvalue weighted by atomic mass is 10.0. The summed E-state index contributed by atoms with van der Waals surface area (Å²) in [5.74, 6) is 1.58. The highest BCUT2D eigenvalue weighted by atomic mass is 16.2. The van der Waals surface area contributed by atoms with E-state index < -0.39 is 0 Å². The lowest BCUT2D eigenvalue weighted by Crippen LogP contribution is -2.38. The summed E-state index contributed by atoms with van der Waals surface area (Å²) in [4.78, 5) is 14.4. The van der Waals surface area contributed by atoms with E-state index >= 15 is 0 Å². The molecule has 0 bridgehead atoms. The van der Waals surface area contributed by atoms with E-state index in [-0.39, 0.29) is 12.1 Å². The van der Waals surface area contributed by atoms with Crippen LogP contribution >= 0.6 is 0 Å². The molecule has 7 nitrogen and oxygen atoms in total.